The molecule has 1 atom stereocenters. The smallest absolute Gasteiger partial charge is 0.123 e. The molecule has 0 bridgehead atoms. The molecular weight excluding hydrogens is 229 g/mol. The number of rotatable bonds is 5. The molecule has 0 spiro atoms. The fourth-order valence-corrected chi connectivity index (χ4v) is 2.40. The van der Waals surface area contributed by atoms with Crippen molar-refractivity contribution < 1.29 is 9.50 Å². The van der Waals surface area contributed by atoms with Crippen molar-refractivity contribution in [1.82, 2.24) is 5.32 Å². The van der Waals surface area contributed by atoms with Crippen molar-refractivity contribution in [3.05, 3.63) is 41.2 Å². The maximum Gasteiger partial charge on any atom is 0.123 e. The second-order valence-corrected chi connectivity index (χ2v) is 4.88. The predicted molar refractivity (Wildman–Crippen MR) is 71.0 cm³/mol. The number of phenols is 1. The largest absolute Gasteiger partial charge is 0.508 e. The molecule has 18 heavy (non-hydrogen) atoms. The normalized spacial score (nSPS) is 16.7. The molecule has 2 N–H and O–H groups in total. The lowest BCUT2D eigenvalue weighted by Crippen LogP contribution is -2.20. The van der Waals surface area contributed by atoms with Crippen molar-refractivity contribution in [3.63, 3.8) is 0 Å². The fraction of sp³-hybridized carbons (Fsp3) is 0.467. The third kappa shape index (κ3) is 3.33. The van der Waals surface area contributed by atoms with E-state index in [2.05, 4.69) is 11.4 Å². The first kappa shape index (κ1) is 13.1. The van der Waals surface area contributed by atoms with E-state index in [9.17, 15) is 9.50 Å². The summed E-state index contributed by atoms with van der Waals surface area (Å²) >= 11 is 0. The Bertz CT molecular complexity index is 442. The van der Waals surface area contributed by atoms with E-state index in [1.54, 1.807) is 0 Å². The van der Waals surface area contributed by atoms with Crippen molar-refractivity contribution in [1.29, 1.82) is 0 Å². The molecular formula is C15H20FNO. The summed E-state index contributed by atoms with van der Waals surface area (Å²) in [5, 5.41) is 13.0. The maximum atomic E-state index is 13.1. The number of nitrogens with one attached hydrogen (secondary N) is 1. The molecule has 0 aliphatic heterocycles. The zero-order chi connectivity index (χ0) is 13.0. The highest BCUT2D eigenvalue weighted by Gasteiger charge is 2.11. The highest BCUT2D eigenvalue weighted by molar-refractivity contribution is 5.34. The van der Waals surface area contributed by atoms with Crippen LogP contribution in [0.1, 0.15) is 44.2 Å². The SMILES string of the molecule is CC(NCCC1=CCCC1)c1cc(F)ccc1O. The van der Waals surface area contributed by atoms with Crippen LogP contribution in [0, 0.1) is 5.82 Å². The van der Waals surface area contributed by atoms with Crippen LogP contribution in [0.2, 0.25) is 0 Å². The third-order valence-electron chi connectivity index (χ3n) is 3.49. The van der Waals surface area contributed by atoms with E-state index < -0.39 is 0 Å². The molecule has 0 heterocycles. The van der Waals surface area contributed by atoms with Gasteiger partial charge in [0.2, 0.25) is 0 Å². The van der Waals surface area contributed by atoms with Gasteiger partial charge >= 0.3 is 0 Å². The minimum Gasteiger partial charge on any atom is -0.508 e. The lowest BCUT2D eigenvalue weighted by molar-refractivity contribution is 0.449. The zero-order valence-corrected chi connectivity index (χ0v) is 10.7. The molecule has 1 unspecified atom stereocenters. The summed E-state index contributed by atoms with van der Waals surface area (Å²) in [6, 6.07) is 4.03. The Balaban J connectivity index is 1.86. The molecule has 1 aromatic carbocycles. The molecule has 0 saturated carbocycles. The maximum absolute atomic E-state index is 13.1. The zero-order valence-electron chi connectivity index (χ0n) is 10.7. The highest BCUT2D eigenvalue weighted by atomic mass is 19.1. The lowest BCUT2D eigenvalue weighted by atomic mass is 10.1. The molecule has 0 radical (unpaired) electrons. The summed E-state index contributed by atoms with van der Waals surface area (Å²) in [6.07, 6.45) is 7.04. The van der Waals surface area contributed by atoms with E-state index in [1.165, 1.54) is 43.0 Å². The second kappa shape index (κ2) is 6.01. The van der Waals surface area contributed by atoms with Gasteiger partial charge in [0, 0.05) is 11.6 Å². The Morgan fingerprint density at radius 2 is 2.28 bits per heavy atom. The molecule has 0 aromatic heterocycles. The van der Waals surface area contributed by atoms with Gasteiger partial charge in [-0.3, -0.25) is 0 Å². The van der Waals surface area contributed by atoms with Crippen LogP contribution in [-0.2, 0) is 0 Å². The summed E-state index contributed by atoms with van der Waals surface area (Å²) in [5.74, 6) is -0.161. The lowest BCUT2D eigenvalue weighted by Gasteiger charge is -2.16. The Morgan fingerprint density at radius 1 is 1.44 bits per heavy atom. The van der Waals surface area contributed by atoms with Gasteiger partial charge in [-0.1, -0.05) is 11.6 Å². The minimum absolute atomic E-state index is 0.0392. The average molecular weight is 249 g/mol. The summed E-state index contributed by atoms with van der Waals surface area (Å²) in [6.45, 7) is 2.81. The van der Waals surface area contributed by atoms with Gasteiger partial charge in [-0.25, -0.2) is 4.39 Å². The van der Waals surface area contributed by atoms with Crippen LogP contribution in [0.25, 0.3) is 0 Å². The van der Waals surface area contributed by atoms with Gasteiger partial charge in [0.25, 0.3) is 0 Å². The van der Waals surface area contributed by atoms with Crippen LogP contribution >= 0.6 is 0 Å². The summed E-state index contributed by atoms with van der Waals surface area (Å²) in [7, 11) is 0. The monoisotopic (exact) mass is 249 g/mol. The third-order valence-corrected chi connectivity index (χ3v) is 3.49. The quantitative estimate of drug-likeness (QED) is 0.780. The molecule has 2 rings (SSSR count). The van der Waals surface area contributed by atoms with Crippen molar-refractivity contribution in [2.24, 2.45) is 0 Å². The van der Waals surface area contributed by atoms with Crippen molar-refractivity contribution in [2.75, 3.05) is 6.54 Å². The highest BCUT2D eigenvalue weighted by Crippen LogP contribution is 2.25. The van der Waals surface area contributed by atoms with Gasteiger partial charge in [-0.2, -0.15) is 0 Å². The first-order valence-electron chi connectivity index (χ1n) is 6.56. The Morgan fingerprint density at radius 3 is 3.00 bits per heavy atom. The molecule has 0 amide bonds. The van der Waals surface area contributed by atoms with Crippen LogP contribution in [0.5, 0.6) is 5.75 Å². The Hall–Kier alpha value is -1.35. The molecule has 3 heteroatoms. The minimum atomic E-state index is -0.310. The fourth-order valence-electron chi connectivity index (χ4n) is 2.40. The molecule has 0 saturated heterocycles. The van der Waals surface area contributed by atoms with E-state index >= 15 is 0 Å². The van der Waals surface area contributed by atoms with Crippen LogP contribution in [0.4, 0.5) is 4.39 Å². The molecule has 0 fully saturated rings. The van der Waals surface area contributed by atoms with Gasteiger partial charge in [-0.05, 0) is 57.4 Å². The van der Waals surface area contributed by atoms with Crippen LogP contribution in [0.15, 0.2) is 29.8 Å². The standard InChI is InChI=1S/C15H20FNO/c1-11(14-10-13(16)6-7-15(14)18)17-9-8-12-4-2-3-5-12/h4,6-7,10-11,17-18H,2-3,5,8-9H2,1H3. The van der Waals surface area contributed by atoms with E-state index in [-0.39, 0.29) is 17.6 Å². The number of hydrogen-bond donors (Lipinski definition) is 2. The van der Waals surface area contributed by atoms with E-state index in [4.69, 9.17) is 0 Å². The number of halogens is 1. The molecule has 1 aliphatic carbocycles. The van der Waals surface area contributed by atoms with Crippen LogP contribution in [0.3, 0.4) is 0 Å². The van der Waals surface area contributed by atoms with Crippen molar-refractivity contribution in [2.45, 2.75) is 38.6 Å². The molecule has 98 valence electrons. The van der Waals surface area contributed by atoms with Crippen LogP contribution in [-0.4, -0.2) is 11.7 Å². The predicted octanol–water partition coefficient (Wildman–Crippen LogP) is 3.68. The van der Waals surface area contributed by atoms with E-state index in [0.717, 1.165) is 13.0 Å². The van der Waals surface area contributed by atoms with Crippen molar-refractivity contribution in [3.8, 4) is 5.75 Å². The first-order valence-corrected chi connectivity index (χ1v) is 6.56. The van der Waals surface area contributed by atoms with Crippen LogP contribution < -0.4 is 5.32 Å². The van der Waals surface area contributed by atoms with Gasteiger partial charge in [-0.15, -0.1) is 0 Å². The van der Waals surface area contributed by atoms with Gasteiger partial charge < -0.3 is 10.4 Å². The topological polar surface area (TPSA) is 32.3 Å². The number of phenolic OH excluding ortho intramolecular Hbond substituents is 1. The second-order valence-electron chi connectivity index (χ2n) is 4.88. The number of aromatic hydroxyl groups is 1. The van der Waals surface area contributed by atoms with Gasteiger partial charge in [0.05, 0.1) is 0 Å². The molecule has 1 aromatic rings. The number of hydrogen-bond acceptors (Lipinski definition) is 2. The van der Waals surface area contributed by atoms with E-state index in [0.29, 0.717) is 5.56 Å². The van der Waals surface area contributed by atoms with E-state index in [1.807, 2.05) is 6.92 Å². The average Bonchev–Trinajstić information content (AvgIpc) is 2.85. The molecule has 1 aliphatic rings. The van der Waals surface area contributed by atoms with Gasteiger partial charge in [0.1, 0.15) is 11.6 Å². The Labute approximate surface area is 108 Å². The summed E-state index contributed by atoms with van der Waals surface area (Å²) in [4.78, 5) is 0. The number of allylic oxidation sites excluding steroid dienone is 1. The first-order chi connectivity index (χ1) is 8.66. The number of benzene rings is 1. The summed E-state index contributed by atoms with van der Waals surface area (Å²) in [5.41, 5.74) is 2.13. The Kier molecular flexibility index (Phi) is 4.37. The van der Waals surface area contributed by atoms with Gasteiger partial charge in [0.15, 0.2) is 0 Å². The molecule has 2 nitrogen and oxygen atoms in total. The van der Waals surface area contributed by atoms with Crippen molar-refractivity contribution >= 4 is 0 Å². The summed E-state index contributed by atoms with van der Waals surface area (Å²) < 4.78 is 13.1.